The second kappa shape index (κ2) is 6.79. The van der Waals surface area contributed by atoms with Crippen molar-refractivity contribution in [1.29, 1.82) is 0 Å². The van der Waals surface area contributed by atoms with Gasteiger partial charge in [-0.05, 0) is 25.0 Å². The molecule has 1 saturated carbocycles. The largest absolute Gasteiger partial charge is 0.488 e. The van der Waals surface area contributed by atoms with Crippen LogP contribution in [-0.4, -0.2) is 18.6 Å². The molecular formula is C18H23NO2. The second-order valence-corrected chi connectivity index (χ2v) is 6.01. The van der Waals surface area contributed by atoms with Crippen LogP contribution in [0.25, 0.3) is 6.08 Å². The van der Waals surface area contributed by atoms with Gasteiger partial charge in [-0.2, -0.15) is 0 Å². The number of para-hydroxylation sites is 1. The van der Waals surface area contributed by atoms with Crippen molar-refractivity contribution < 1.29 is 9.53 Å². The van der Waals surface area contributed by atoms with Gasteiger partial charge in [0.1, 0.15) is 12.4 Å². The van der Waals surface area contributed by atoms with E-state index >= 15 is 0 Å². The Morgan fingerprint density at radius 1 is 1.05 bits per heavy atom. The molecule has 1 heterocycles. The Morgan fingerprint density at radius 3 is 2.57 bits per heavy atom. The Balaban J connectivity index is 1.64. The van der Waals surface area contributed by atoms with Gasteiger partial charge in [-0.1, -0.05) is 50.3 Å². The van der Waals surface area contributed by atoms with E-state index in [2.05, 4.69) is 5.32 Å². The standard InChI is InChI=1S/C18H23NO2/c20-18(19-16-9-4-2-1-3-5-10-16)15-12-14-8-6-7-11-17(14)21-13-15/h6-8,11-12,16H,1-5,9-10,13H2,(H,19,20). The van der Waals surface area contributed by atoms with Gasteiger partial charge in [0.15, 0.2) is 0 Å². The number of amides is 1. The fourth-order valence-electron chi connectivity index (χ4n) is 3.13. The number of hydrogen-bond donors (Lipinski definition) is 1. The highest BCUT2D eigenvalue weighted by atomic mass is 16.5. The van der Waals surface area contributed by atoms with Crippen LogP contribution in [0.3, 0.4) is 0 Å². The third-order valence-electron chi connectivity index (χ3n) is 4.36. The van der Waals surface area contributed by atoms with E-state index in [1.165, 1.54) is 32.1 Å². The molecule has 1 aromatic rings. The third-order valence-corrected chi connectivity index (χ3v) is 4.36. The molecule has 0 aromatic heterocycles. The van der Waals surface area contributed by atoms with Crippen molar-refractivity contribution in [3.8, 4) is 5.75 Å². The first kappa shape index (κ1) is 14.2. The summed E-state index contributed by atoms with van der Waals surface area (Å²) < 4.78 is 5.66. The van der Waals surface area contributed by atoms with Crippen LogP contribution in [0.4, 0.5) is 0 Å². The average molecular weight is 285 g/mol. The minimum absolute atomic E-state index is 0.0371. The topological polar surface area (TPSA) is 38.3 Å². The Hall–Kier alpha value is -1.77. The molecule has 0 spiro atoms. The van der Waals surface area contributed by atoms with Crippen LogP contribution in [-0.2, 0) is 4.79 Å². The minimum atomic E-state index is 0.0371. The SMILES string of the molecule is O=C(NC1CCCCCCC1)C1=Cc2ccccc2OC1. The van der Waals surface area contributed by atoms with Crippen molar-refractivity contribution >= 4 is 12.0 Å². The van der Waals surface area contributed by atoms with Gasteiger partial charge in [0.2, 0.25) is 0 Å². The zero-order valence-corrected chi connectivity index (χ0v) is 12.4. The molecule has 3 nitrogen and oxygen atoms in total. The summed E-state index contributed by atoms with van der Waals surface area (Å²) in [7, 11) is 0. The second-order valence-electron chi connectivity index (χ2n) is 6.01. The molecule has 0 unspecified atom stereocenters. The van der Waals surface area contributed by atoms with Crippen LogP contribution in [0.2, 0.25) is 0 Å². The molecule has 1 aliphatic heterocycles. The summed E-state index contributed by atoms with van der Waals surface area (Å²) in [6.45, 7) is 0.371. The van der Waals surface area contributed by atoms with Crippen LogP contribution in [0.15, 0.2) is 29.8 Å². The first-order chi connectivity index (χ1) is 10.3. The summed E-state index contributed by atoms with van der Waals surface area (Å²) in [5.41, 5.74) is 1.72. The summed E-state index contributed by atoms with van der Waals surface area (Å²) in [5, 5.41) is 3.20. The first-order valence-corrected chi connectivity index (χ1v) is 8.06. The van der Waals surface area contributed by atoms with Crippen LogP contribution in [0, 0.1) is 0 Å². The van der Waals surface area contributed by atoms with Gasteiger partial charge in [-0.15, -0.1) is 0 Å². The zero-order chi connectivity index (χ0) is 14.5. The fraction of sp³-hybridized carbons (Fsp3) is 0.500. The molecule has 1 fully saturated rings. The van der Waals surface area contributed by atoms with Crippen molar-refractivity contribution in [1.82, 2.24) is 5.32 Å². The number of fused-ring (bicyclic) bond motifs is 1. The lowest BCUT2D eigenvalue weighted by Gasteiger charge is -2.23. The van der Waals surface area contributed by atoms with Crippen molar-refractivity contribution in [2.45, 2.75) is 51.0 Å². The molecule has 1 amide bonds. The van der Waals surface area contributed by atoms with E-state index in [0.717, 1.165) is 29.7 Å². The lowest BCUT2D eigenvalue weighted by molar-refractivity contribution is -0.118. The number of nitrogens with one attached hydrogen (secondary N) is 1. The Labute approximate surface area is 126 Å². The lowest BCUT2D eigenvalue weighted by atomic mass is 9.96. The van der Waals surface area contributed by atoms with E-state index in [9.17, 15) is 4.79 Å². The summed E-state index contributed by atoms with van der Waals surface area (Å²) >= 11 is 0. The molecule has 0 saturated heterocycles. The normalized spacial score (nSPS) is 19.5. The fourth-order valence-corrected chi connectivity index (χ4v) is 3.13. The Morgan fingerprint density at radius 2 is 1.76 bits per heavy atom. The minimum Gasteiger partial charge on any atom is -0.488 e. The van der Waals surface area contributed by atoms with E-state index in [4.69, 9.17) is 4.74 Å². The highest BCUT2D eigenvalue weighted by molar-refractivity contribution is 5.99. The molecule has 1 aliphatic carbocycles. The van der Waals surface area contributed by atoms with Gasteiger partial charge in [-0.3, -0.25) is 4.79 Å². The van der Waals surface area contributed by atoms with Gasteiger partial charge < -0.3 is 10.1 Å². The molecular weight excluding hydrogens is 262 g/mol. The molecule has 2 aliphatic rings. The van der Waals surface area contributed by atoms with Gasteiger partial charge in [0.05, 0.1) is 5.57 Å². The summed E-state index contributed by atoms with van der Waals surface area (Å²) in [6.07, 6.45) is 10.6. The molecule has 1 aromatic carbocycles. The predicted molar refractivity (Wildman–Crippen MR) is 84.2 cm³/mol. The molecule has 1 N–H and O–H groups in total. The summed E-state index contributed by atoms with van der Waals surface area (Å²) in [6, 6.07) is 8.17. The van der Waals surface area contributed by atoms with Gasteiger partial charge in [0.25, 0.3) is 5.91 Å². The van der Waals surface area contributed by atoms with Crippen LogP contribution in [0.5, 0.6) is 5.75 Å². The quantitative estimate of drug-likeness (QED) is 0.900. The van der Waals surface area contributed by atoms with Crippen molar-refractivity contribution in [3.05, 3.63) is 35.4 Å². The highest BCUT2D eigenvalue weighted by Gasteiger charge is 2.20. The summed E-state index contributed by atoms with van der Waals surface area (Å²) in [4.78, 5) is 12.4. The Kier molecular flexibility index (Phi) is 4.59. The number of hydrogen-bond acceptors (Lipinski definition) is 2. The molecule has 0 radical (unpaired) electrons. The number of carbonyl (C=O) groups is 1. The van der Waals surface area contributed by atoms with E-state index in [-0.39, 0.29) is 5.91 Å². The molecule has 3 heteroatoms. The first-order valence-electron chi connectivity index (χ1n) is 8.06. The van der Waals surface area contributed by atoms with Gasteiger partial charge in [-0.25, -0.2) is 0 Å². The maximum absolute atomic E-state index is 12.4. The van der Waals surface area contributed by atoms with Crippen molar-refractivity contribution in [3.63, 3.8) is 0 Å². The maximum Gasteiger partial charge on any atom is 0.250 e. The maximum atomic E-state index is 12.4. The predicted octanol–water partition coefficient (Wildman–Crippen LogP) is 3.69. The van der Waals surface area contributed by atoms with Gasteiger partial charge in [0, 0.05) is 11.6 Å². The Bertz CT molecular complexity index is 528. The molecule has 0 bridgehead atoms. The highest BCUT2D eigenvalue weighted by Crippen LogP contribution is 2.26. The number of rotatable bonds is 2. The molecule has 112 valence electrons. The smallest absolute Gasteiger partial charge is 0.250 e. The molecule has 3 rings (SSSR count). The zero-order valence-electron chi connectivity index (χ0n) is 12.4. The molecule has 0 atom stereocenters. The number of carbonyl (C=O) groups excluding carboxylic acids is 1. The lowest BCUT2D eigenvalue weighted by Crippen LogP contribution is -2.37. The average Bonchev–Trinajstić information content (AvgIpc) is 2.49. The number of ether oxygens (including phenoxy) is 1. The third kappa shape index (κ3) is 3.66. The van der Waals surface area contributed by atoms with E-state index in [0.29, 0.717) is 12.6 Å². The monoisotopic (exact) mass is 285 g/mol. The van der Waals surface area contributed by atoms with Gasteiger partial charge >= 0.3 is 0 Å². The van der Waals surface area contributed by atoms with E-state index < -0.39 is 0 Å². The van der Waals surface area contributed by atoms with Crippen LogP contribution in [0.1, 0.15) is 50.5 Å². The summed E-state index contributed by atoms with van der Waals surface area (Å²) in [5.74, 6) is 0.898. The van der Waals surface area contributed by atoms with Crippen LogP contribution >= 0.6 is 0 Å². The van der Waals surface area contributed by atoms with E-state index in [1.807, 2.05) is 30.3 Å². The molecule has 21 heavy (non-hydrogen) atoms. The van der Waals surface area contributed by atoms with E-state index in [1.54, 1.807) is 0 Å². The van der Waals surface area contributed by atoms with Crippen LogP contribution < -0.4 is 10.1 Å². The van der Waals surface area contributed by atoms with Crippen molar-refractivity contribution in [2.24, 2.45) is 0 Å². The number of benzene rings is 1. The van der Waals surface area contributed by atoms with Crippen molar-refractivity contribution in [2.75, 3.05) is 6.61 Å².